The molecular formula is C21H18F2N6OS. The summed E-state index contributed by atoms with van der Waals surface area (Å²) in [6.07, 6.45) is 4.32. The van der Waals surface area contributed by atoms with E-state index in [4.69, 9.17) is 0 Å². The molecule has 2 aromatic carbocycles. The minimum Gasteiger partial charge on any atom is -0.367 e. The van der Waals surface area contributed by atoms with Gasteiger partial charge < -0.3 is 10.2 Å². The van der Waals surface area contributed by atoms with E-state index < -0.39 is 11.6 Å². The van der Waals surface area contributed by atoms with Crippen LogP contribution in [0.5, 0.6) is 0 Å². The summed E-state index contributed by atoms with van der Waals surface area (Å²) in [4.78, 5) is 23.5. The van der Waals surface area contributed by atoms with Crippen molar-refractivity contribution in [1.29, 1.82) is 0 Å². The number of nitrogens with one attached hydrogen (secondary N) is 1. The van der Waals surface area contributed by atoms with Crippen LogP contribution < -0.4 is 5.32 Å². The first kappa shape index (κ1) is 19.7. The Bertz CT molecular complexity index is 1280. The van der Waals surface area contributed by atoms with Crippen LogP contribution in [0.25, 0.3) is 21.3 Å². The van der Waals surface area contributed by atoms with Crippen molar-refractivity contribution >= 4 is 44.5 Å². The molecule has 1 N–H and O–H groups in total. The Morgan fingerprint density at radius 1 is 1.13 bits per heavy atom. The number of aromatic nitrogens is 4. The van der Waals surface area contributed by atoms with E-state index in [1.807, 2.05) is 17.0 Å². The average Bonchev–Trinajstić information content (AvgIpc) is 3.26. The molecule has 31 heavy (non-hydrogen) atoms. The number of carbonyl (C=O) groups is 1. The van der Waals surface area contributed by atoms with Crippen LogP contribution in [0.4, 0.5) is 14.6 Å². The zero-order chi connectivity index (χ0) is 21.4. The first-order valence-corrected chi connectivity index (χ1v) is 10.7. The summed E-state index contributed by atoms with van der Waals surface area (Å²) in [7, 11) is 0. The smallest absolute Gasteiger partial charge is 0.254 e. The number of carbonyl (C=O) groups excluding carboxylic acids is 1. The molecule has 10 heteroatoms. The van der Waals surface area contributed by atoms with E-state index in [0.29, 0.717) is 24.5 Å². The van der Waals surface area contributed by atoms with Crippen LogP contribution in [0, 0.1) is 11.6 Å². The zero-order valence-electron chi connectivity index (χ0n) is 16.4. The van der Waals surface area contributed by atoms with Gasteiger partial charge in [0, 0.05) is 36.8 Å². The number of benzene rings is 2. The summed E-state index contributed by atoms with van der Waals surface area (Å²) in [5.74, 6) is -1.50. The van der Waals surface area contributed by atoms with E-state index >= 15 is 0 Å². The number of hydrogen-bond acceptors (Lipinski definition) is 7. The minimum absolute atomic E-state index is 0.0204. The molecule has 5 rings (SSSR count). The standard InChI is InChI=1S/C21H18F2N6OS/c22-14-8-16-17(9-15(14)23)26-20(11-24-16)25-10-13-3-1-2-6-29(13)21(30)12-4-5-19-18(7-12)27-28-31-19/h4-5,7-9,11,13H,1-3,6,10H2,(H,25,26). The summed E-state index contributed by atoms with van der Waals surface area (Å²) in [5, 5.41) is 7.26. The molecular weight excluding hydrogens is 422 g/mol. The third-order valence-electron chi connectivity index (χ3n) is 5.48. The van der Waals surface area contributed by atoms with Crippen LogP contribution >= 0.6 is 11.5 Å². The summed E-state index contributed by atoms with van der Waals surface area (Å²) in [6, 6.07) is 7.50. The number of piperidine rings is 1. The Morgan fingerprint density at radius 2 is 1.97 bits per heavy atom. The molecule has 1 fully saturated rings. The number of rotatable bonds is 4. The molecule has 1 aliphatic heterocycles. The molecule has 2 aromatic heterocycles. The van der Waals surface area contributed by atoms with Crippen molar-refractivity contribution in [3.63, 3.8) is 0 Å². The van der Waals surface area contributed by atoms with Crippen LogP contribution in [-0.4, -0.2) is 49.5 Å². The molecule has 1 amide bonds. The molecule has 1 saturated heterocycles. The highest BCUT2D eigenvalue weighted by Gasteiger charge is 2.27. The third-order valence-corrected chi connectivity index (χ3v) is 6.19. The Labute approximate surface area is 180 Å². The normalized spacial score (nSPS) is 16.7. The van der Waals surface area contributed by atoms with Gasteiger partial charge in [-0.3, -0.25) is 9.78 Å². The molecule has 0 bridgehead atoms. The molecule has 0 aliphatic carbocycles. The maximum absolute atomic E-state index is 13.5. The molecule has 1 aliphatic rings. The molecule has 7 nitrogen and oxygen atoms in total. The predicted molar refractivity (Wildman–Crippen MR) is 114 cm³/mol. The van der Waals surface area contributed by atoms with Crippen LogP contribution in [-0.2, 0) is 0 Å². The lowest BCUT2D eigenvalue weighted by atomic mass is 10.0. The highest BCUT2D eigenvalue weighted by atomic mass is 32.1. The van der Waals surface area contributed by atoms with Crippen molar-refractivity contribution in [2.75, 3.05) is 18.4 Å². The van der Waals surface area contributed by atoms with E-state index in [1.165, 1.54) is 17.7 Å². The topological polar surface area (TPSA) is 83.9 Å². The van der Waals surface area contributed by atoms with Crippen molar-refractivity contribution in [3.8, 4) is 0 Å². The quantitative estimate of drug-likeness (QED) is 0.516. The van der Waals surface area contributed by atoms with Crippen LogP contribution in [0.3, 0.4) is 0 Å². The van der Waals surface area contributed by atoms with Gasteiger partial charge >= 0.3 is 0 Å². The van der Waals surface area contributed by atoms with Gasteiger partial charge in [0.05, 0.1) is 21.9 Å². The zero-order valence-corrected chi connectivity index (χ0v) is 17.2. The van der Waals surface area contributed by atoms with Gasteiger partial charge in [-0.1, -0.05) is 4.49 Å². The van der Waals surface area contributed by atoms with Gasteiger partial charge in [0.25, 0.3) is 5.91 Å². The minimum atomic E-state index is -0.963. The molecule has 1 atom stereocenters. The number of fused-ring (bicyclic) bond motifs is 2. The molecule has 0 spiro atoms. The first-order chi connectivity index (χ1) is 15.1. The van der Waals surface area contributed by atoms with Crippen LogP contribution in [0.15, 0.2) is 36.5 Å². The summed E-state index contributed by atoms with van der Waals surface area (Å²) >= 11 is 1.30. The van der Waals surface area contributed by atoms with Crippen molar-refractivity contribution in [2.24, 2.45) is 0 Å². The van der Waals surface area contributed by atoms with Gasteiger partial charge in [-0.15, -0.1) is 5.10 Å². The number of anilines is 1. The van der Waals surface area contributed by atoms with Gasteiger partial charge in [0.15, 0.2) is 11.6 Å². The highest BCUT2D eigenvalue weighted by molar-refractivity contribution is 7.12. The average molecular weight is 440 g/mol. The second-order valence-electron chi connectivity index (χ2n) is 7.49. The second kappa shape index (κ2) is 8.10. The van der Waals surface area contributed by atoms with Crippen molar-refractivity contribution in [3.05, 3.63) is 53.7 Å². The molecule has 1 unspecified atom stereocenters. The van der Waals surface area contributed by atoms with Gasteiger partial charge in [-0.25, -0.2) is 13.8 Å². The summed E-state index contributed by atoms with van der Waals surface area (Å²) < 4.78 is 31.8. The number of likely N-dealkylation sites (tertiary alicyclic amines) is 1. The first-order valence-electron chi connectivity index (χ1n) is 9.97. The third kappa shape index (κ3) is 3.90. The lowest BCUT2D eigenvalue weighted by molar-refractivity contribution is 0.0628. The van der Waals surface area contributed by atoms with Crippen molar-refractivity contribution in [1.82, 2.24) is 24.5 Å². The maximum Gasteiger partial charge on any atom is 0.254 e. The Balaban J connectivity index is 1.33. The van der Waals surface area contributed by atoms with Crippen molar-refractivity contribution < 1.29 is 13.6 Å². The van der Waals surface area contributed by atoms with E-state index in [-0.39, 0.29) is 23.0 Å². The monoisotopic (exact) mass is 440 g/mol. The Hall–Kier alpha value is -3.27. The van der Waals surface area contributed by atoms with E-state index in [9.17, 15) is 13.6 Å². The van der Waals surface area contributed by atoms with E-state index in [2.05, 4.69) is 24.9 Å². The SMILES string of the molecule is O=C(c1ccc2snnc2c1)N1CCCCC1CNc1cnc2cc(F)c(F)cc2n1. The molecule has 0 radical (unpaired) electrons. The fourth-order valence-electron chi connectivity index (χ4n) is 3.88. The summed E-state index contributed by atoms with van der Waals surface area (Å²) in [5.41, 5.74) is 1.87. The molecule has 0 saturated carbocycles. The lowest BCUT2D eigenvalue weighted by Gasteiger charge is -2.36. The number of amides is 1. The fraction of sp³-hybridized carbons (Fsp3) is 0.286. The van der Waals surface area contributed by atoms with E-state index in [0.717, 1.165) is 41.6 Å². The lowest BCUT2D eigenvalue weighted by Crippen LogP contribution is -2.47. The van der Waals surface area contributed by atoms with Gasteiger partial charge in [-0.05, 0) is 49.0 Å². The molecule has 4 aromatic rings. The Morgan fingerprint density at radius 3 is 2.84 bits per heavy atom. The largest absolute Gasteiger partial charge is 0.367 e. The fourth-order valence-corrected chi connectivity index (χ4v) is 4.41. The van der Waals surface area contributed by atoms with Gasteiger partial charge in [0.2, 0.25) is 0 Å². The number of hydrogen-bond donors (Lipinski definition) is 1. The molecule has 3 heterocycles. The van der Waals surface area contributed by atoms with E-state index in [1.54, 1.807) is 6.07 Å². The Kier molecular flexibility index (Phi) is 5.14. The van der Waals surface area contributed by atoms with Crippen LogP contribution in [0.2, 0.25) is 0 Å². The molecule has 158 valence electrons. The second-order valence-corrected chi connectivity index (χ2v) is 8.28. The number of halogens is 2. The van der Waals surface area contributed by atoms with Crippen molar-refractivity contribution in [2.45, 2.75) is 25.3 Å². The van der Waals surface area contributed by atoms with Crippen LogP contribution in [0.1, 0.15) is 29.6 Å². The number of nitrogens with zero attached hydrogens (tertiary/aromatic N) is 5. The van der Waals surface area contributed by atoms with Gasteiger partial charge in [0.1, 0.15) is 11.3 Å². The predicted octanol–water partition coefficient (Wildman–Crippen LogP) is 4.02. The summed E-state index contributed by atoms with van der Waals surface area (Å²) in [6.45, 7) is 1.16. The maximum atomic E-state index is 13.5. The van der Waals surface area contributed by atoms with Gasteiger partial charge in [-0.2, -0.15) is 0 Å². The highest BCUT2D eigenvalue weighted by Crippen LogP contribution is 2.23.